The highest BCUT2D eigenvalue weighted by Crippen LogP contribution is 2.33. The second kappa shape index (κ2) is 7.79. The molecule has 6 rings (SSSR count). The van der Waals surface area contributed by atoms with Crippen LogP contribution in [0, 0.1) is 5.82 Å². The molecule has 164 valence electrons. The van der Waals surface area contributed by atoms with E-state index in [1.807, 2.05) is 0 Å². The molecule has 1 aliphatic heterocycles. The number of fused-ring (bicyclic) bond motifs is 2. The monoisotopic (exact) mass is 441 g/mol. The molecule has 3 N–H and O–H groups in total. The van der Waals surface area contributed by atoms with Gasteiger partial charge in [-0.25, -0.2) is 9.37 Å². The zero-order valence-corrected chi connectivity index (χ0v) is 17.8. The molecule has 1 aromatic carbocycles. The molecule has 1 aliphatic rings. The number of methoxy groups -OCH3 is 1. The summed E-state index contributed by atoms with van der Waals surface area (Å²) in [6.07, 6.45) is 8.29. The summed E-state index contributed by atoms with van der Waals surface area (Å²) < 4.78 is 19.4. The van der Waals surface area contributed by atoms with Crippen LogP contribution in [0.3, 0.4) is 0 Å². The summed E-state index contributed by atoms with van der Waals surface area (Å²) in [6, 6.07) is 6.60. The Labute approximate surface area is 187 Å². The number of ether oxygens (including phenoxy) is 1. The maximum Gasteiger partial charge on any atom is 0.159 e. The molecule has 0 fully saturated rings. The third kappa shape index (κ3) is 3.42. The van der Waals surface area contributed by atoms with Crippen molar-refractivity contribution in [2.75, 3.05) is 20.2 Å². The Bertz CT molecular complexity index is 1530. The molecule has 0 amide bonds. The number of hydrogen-bond acceptors (Lipinski definition) is 6. The van der Waals surface area contributed by atoms with Crippen molar-refractivity contribution in [1.29, 1.82) is 0 Å². The van der Waals surface area contributed by atoms with Gasteiger partial charge < -0.3 is 15.0 Å². The lowest BCUT2D eigenvalue weighted by Gasteiger charge is -2.13. The lowest BCUT2D eigenvalue weighted by Crippen LogP contribution is -2.20. The number of pyridine rings is 2. The average molecular weight is 441 g/mol. The Morgan fingerprint density at radius 2 is 2.00 bits per heavy atom. The summed E-state index contributed by atoms with van der Waals surface area (Å²) in [5, 5.41) is 11.8. The normalized spacial score (nSPS) is 14.1. The van der Waals surface area contributed by atoms with Crippen molar-refractivity contribution >= 4 is 27.5 Å². The van der Waals surface area contributed by atoms with Crippen LogP contribution in [-0.2, 0) is 0 Å². The van der Waals surface area contributed by atoms with Crippen LogP contribution in [0.1, 0.15) is 12.1 Å². The number of benzene rings is 1. The van der Waals surface area contributed by atoms with Crippen LogP contribution in [0.25, 0.3) is 50.2 Å². The van der Waals surface area contributed by atoms with Gasteiger partial charge >= 0.3 is 0 Å². The van der Waals surface area contributed by atoms with Crippen molar-refractivity contribution in [2.24, 2.45) is 0 Å². The number of nitrogens with one attached hydrogen (secondary N) is 3. The highest BCUT2D eigenvalue weighted by Gasteiger charge is 2.18. The number of imidazole rings is 1. The van der Waals surface area contributed by atoms with Crippen LogP contribution in [0.15, 0.2) is 48.9 Å². The molecule has 4 aromatic heterocycles. The molecule has 0 atom stereocenters. The third-order valence-electron chi connectivity index (χ3n) is 5.88. The van der Waals surface area contributed by atoms with Crippen LogP contribution in [0.5, 0.6) is 5.75 Å². The van der Waals surface area contributed by atoms with Gasteiger partial charge in [0.05, 0.1) is 41.7 Å². The minimum atomic E-state index is -0.386. The average Bonchev–Trinajstić information content (AvgIpc) is 3.47. The second-order valence-electron chi connectivity index (χ2n) is 7.92. The van der Waals surface area contributed by atoms with Crippen LogP contribution in [-0.4, -0.2) is 50.3 Å². The summed E-state index contributed by atoms with van der Waals surface area (Å²) in [7, 11) is 1.51. The fourth-order valence-electron chi connectivity index (χ4n) is 4.22. The molecule has 9 heteroatoms. The largest absolute Gasteiger partial charge is 0.497 e. The maximum absolute atomic E-state index is 14.1. The molecule has 5 aromatic rings. The second-order valence-corrected chi connectivity index (χ2v) is 7.92. The van der Waals surface area contributed by atoms with Gasteiger partial charge in [-0.2, -0.15) is 5.10 Å². The van der Waals surface area contributed by atoms with E-state index in [1.165, 1.54) is 24.8 Å². The standard InChI is InChI=1S/C24H20FN7O/c1-33-16-7-14(6-15(25)8-16)18-10-27-11-21-22(18)30-24(29-21)23-17-9-19(13-2-4-26-5-3-13)28-12-20(17)31-32-23/h2,6-12,26H,3-5H2,1H3,(H,29,30)(H,31,32). The van der Waals surface area contributed by atoms with Crippen molar-refractivity contribution in [3.8, 4) is 28.4 Å². The van der Waals surface area contributed by atoms with E-state index < -0.39 is 0 Å². The summed E-state index contributed by atoms with van der Waals surface area (Å²) >= 11 is 0. The first-order valence-corrected chi connectivity index (χ1v) is 10.6. The molecule has 8 nitrogen and oxygen atoms in total. The molecular weight excluding hydrogens is 421 g/mol. The Balaban J connectivity index is 1.48. The van der Waals surface area contributed by atoms with Crippen molar-refractivity contribution in [2.45, 2.75) is 6.42 Å². The summed E-state index contributed by atoms with van der Waals surface area (Å²) in [5.74, 6) is 0.649. The van der Waals surface area contributed by atoms with E-state index in [2.05, 4.69) is 42.6 Å². The van der Waals surface area contributed by atoms with Gasteiger partial charge in [0.1, 0.15) is 17.3 Å². The number of H-pyrrole nitrogens is 2. The maximum atomic E-state index is 14.1. The van der Waals surface area contributed by atoms with E-state index in [9.17, 15) is 4.39 Å². The minimum Gasteiger partial charge on any atom is -0.497 e. The molecular formula is C24H20FN7O. The molecule has 0 radical (unpaired) electrons. The molecule has 33 heavy (non-hydrogen) atoms. The third-order valence-corrected chi connectivity index (χ3v) is 5.88. The predicted octanol–water partition coefficient (Wildman–Crippen LogP) is 4.09. The van der Waals surface area contributed by atoms with Gasteiger partial charge in [-0.05, 0) is 42.3 Å². The van der Waals surface area contributed by atoms with Gasteiger partial charge in [-0.3, -0.25) is 15.1 Å². The Morgan fingerprint density at radius 1 is 1.06 bits per heavy atom. The number of aromatic amines is 2. The molecule has 0 saturated carbocycles. The van der Waals surface area contributed by atoms with Crippen LogP contribution in [0.4, 0.5) is 4.39 Å². The van der Waals surface area contributed by atoms with Crippen LogP contribution in [0.2, 0.25) is 0 Å². The number of aromatic nitrogens is 6. The van der Waals surface area contributed by atoms with E-state index in [4.69, 9.17) is 9.72 Å². The highest BCUT2D eigenvalue weighted by molar-refractivity contribution is 5.97. The molecule has 0 bridgehead atoms. The Kier molecular flexibility index (Phi) is 4.62. The van der Waals surface area contributed by atoms with E-state index in [1.54, 1.807) is 24.7 Å². The van der Waals surface area contributed by atoms with Gasteiger partial charge in [0.15, 0.2) is 5.82 Å². The van der Waals surface area contributed by atoms with Gasteiger partial charge in [0.2, 0.25) is 0 Å². The SMILES string of the molecule is COc1cc(F)cc(-c2cncc3[nH]c(-c4n[nH]c5cnc(C6=CCNCC6)cc45)nc23)c1. The van der Waals surface area contributed by atoms with Crippen molar-refractivity contribution in [3.05, 3.63) is 60.4 Å². The van der Waals surface area contributed by atoms with E-state index >= 15 is 0 Å². The molecule has 0 aliphatic carbocycles. The number of rotatable bonds is 4. The van der Waals surface area contributed by atoms with Crippen molar-refractivity contribution in [1.82, 2.24) is 35.5 Å². The summed E-state index contributed by atoms with van der Waals surface area (Å²) in [5.41, 5.74) is 6.44. The lowest BCUT2D eigenvalue weighted by atomic mass is 10.0. The van der Waals surface area contributed by atoms with Crippen molar-refractivity contribution < 1.29 is 9.13 Å². The van der Waals surface area contributed by atoms with Gasteiger partial charge in [0, 0.05) is 29.8 Å². The van der Waals surface area contributed by atoms with Crippen LogP contribution < -0.4 is 10.1 Å². The van der Waals surface area contributed by atoms with E-state index in [0.29, 0.717) is 33.9 Å². The van der Waals surface area contributed by atoms with E-state index in [0.717, 1.165) is 41.6 Å². The summed E-state index contributed by atoms with van der Waals surface area (Å²) in [4.78, 5) is 17.1. The first-order chi connectivity index (χ1) is 16.2. The summed E-state index contributed by atoms with van der Waals surface area (Å²) in [6.45, 7) is 1.78. The molecule has 0 spiro atoms. The minimum absolute atomic E-state index is 0.386. The fourth-order valence-corrected chi connectivity index (χ4v) is 4.22. The molecule has 5 heterocycles. The molecule has 0 saturated heterocycles. The fraction of sp³-hybridized carbons (Fsp3) is 0.167. The van der Waals surface area contributed by atoms with Crippen LogP contribution >= 0.6 is 0 Å². The zero-order chi connectivity index (χ0) is 22.4. The number of hydrogen-bond donors (Lipinski definition) is 3. The predicted molar refractivity (Wildman–Crippen MR) is 124 cm³/mol. The number of halogens is 1. The van der Waals surface area contributed by atoms with Gasteiger partial charge in [0.25, 0.3) is 0 Å². The number of nitrogens with zero attached hydrogens (tertiary/aromatic N) is 4. The smallest absolute Gasteiger partial charge is 0.159 e. The first-order valence-electron chi connectivity index (χ1n) is 10.6. The Morgan fingerprint density at radius 3 is 2.85 bits per heavy atom. The quantitative estimate of drug-likeness (QED) is 0.388. The zero-order valence-electron chi connectivity index (χ0n) is 17.8. The first kappa shape index (κ1) is 19.6. The van der Waals surface area contributed by atoms with E-state index in [-0.39, 0.29) is 5.82 Å². The van der Waals surface area contributed by atoms with Gasteiger partial charge in [-0.1, -0.05) is 6.08 Å². The van der Waals surface area contributed by atoms with Crippen molar-refractivity contribution in [3.63, 3.8) is 0 Å². The molecule has 0 unspecified atom stereocenters. The lowest BCUT2D eigenvalue weighted by molar-refractivity contribution is 0.411. The highest BCUT2D eigenvalue weighted by atomic mass is 19.1. The topological polar surface area (TPSA) is 104 Å². The van der Waals surface area contributed by atoms with Gasteiger partial charge in [-0.15, -0.1) is 0 Å². The Hall–Kier alpha value is -4.11.